The summed E-state index contributed by atoms with van der Waals surface area (Å²) in [6.07, 6.45) is 14.4. The van der Waals surface area contributed by atoms with Crippen molar-refractivity contribution < 1.29 is 0 Å². The van der Waals surface area contributed by atoms with Gasteiger partial charge < -0.3 is 5.32 Å². The highest BCUT2D eigenvalue weighted by Gasteiger charge is 2.04. The van der Waals surface area contributed by atoms with Crippen molar-refractivity contribution in [3.05, 3.63) is 61.2 Å². The van der Waals surface area contributed by atoms with E-state index >= 15 is 0 Å². The summed E-state index contributed by atoms with van der Waals surface area (Å²) >= 11 is 0. The van der Waals surface area contributed by atoms with Crippen LogP contribution in [0.5, 0.6) is 0 Å². The highest BCUT2D eigenvalue weighted by molar-refractivity contribution is 5.14. The van der Waals surface area contributed by atoms with Crippen LogP contribution >= 0.6 is 0 Å². The van der Waals surface area contributed by atoms with Crippen LogP contribution in [0.3, 0.4) is 0 Å². The molecule has 1 nitrogen and oxygen atoms in total. The number of rotatable bonds is 14. The minimum atomic E-state index is 0.766. The molecule has 0 atom stereocenters. The van der Waals surface area contributed by atoms with Crippen molar-refractivity contribution in [1.82, 2.24) is 5.32 Å². The average Bonchev–Trinajstić information content (AvgIpc) is 2.54. The normalized spacial score (nSPS) is 10.8. The monoisotopic (exact) mass is 299 g/mol. The van der Waals surface area contributed by atoms with Gasteiger partial charge in [-0.05, 0) is 43.7 Å². The fourth-order valence-corrected chi connectivity index (χ4v) is 2.85. The number of allylic oxidation sites excluding steroid dienone is 2. The molecule has 1 aromatic carbocycles. The van der Waals surface area contributed by atoms with Crippen LogP contribution in [0, 0.1) is 5.92 Å². The van der Waals surface area contributed by atoms with E-state index in [0.717, 1.165) is 31.8 Å². The van der Waals surface area contributed by atoms with Crippen molar-refractivity contribution in [2.45, 2.75) is 57.9 Å². The van der Waals surface area contributed by atoms with Crippen molar-refractivity contribution >= 4 is 0 Å². The molecule has 0 saturated heterocycles. The molecule has 1 N–H and O–H groups in total. The van der Waals surface area contributed by atoms with E-state index < -0.39 is 0 Å². The molecule has 0 amide bonds. The van der Waals surface area contributed by atoms with Crippen LogP contribution in [-0.4, -0.2) is 6.54 Å². The maximum atomic E-state index is 3.85. The molecule has 0 heterocycles. The Bertz CT molecular complexity index is 372. The largest absolute Gasteiger partial charge is 0.313 e. The lowest BCUT2D eigenvalue weighted by Gasteiger charge is -2.12. The molecule has 0 radical (unpaired) electrons. The molecule has 0 spiro atoms. The molecule has 0 aliphatic heterocycles. The summed E-state index contributed by atoms with van der Waals surface area (Å²) in [4.78, 5) is 0. The fourth-order valence-electron chi connectivity index (χ4n) is 2.85. The van der Waals surface area contributed by atoms with Crippen LogP contribution in [0.15, 0.2) is 55.6 Å². The van der Waals surface area contributed by atoms with Gasteiger partial charge in [-0.2, -0.15) is 0 Å². The molecule has 1 rings (SSSR count). The van der Waals surface area contributed by atoms with E-state index in [1.165, 1.54) is 44.1 Å². The number of hydrogen-bond acceptors (Lipinski definition) is 1. The zero-order valence-corrected chi connectivity index (χ0v) is 14.1. The summed E-state index contributed by atoms with van der Waals surface area (Å²) in [5.74, 6) is 0.766. The van der Waals surface area contributed by atoms with Crippen LogP contribution in [0.4, 0.5) is 0 Å². The van der Waals surface area contributed by atoms with E-state index in [-0.39, 0.29) is 0 Å². The highest BCUT2D eigenvalue weighted by Crippen LogP contribution is 2.18. The van der Waals surface area contributed by atoms with E-state index in [0.29, 0.717) is 0 Å². The lowest BCUT2D eigenvalue weighted by Crippen LogP contribution is -2.14. The van der Waals surface area contributed by atoms with Gasteiger partial charge in [0.25, 0.3) is 0 Å². The van der Waals surface area contributed by atoms with Crippen LogP contribution in [-0.2, 0) is 6.54 Å². The van der Waals surface area contributed by atoms with Gasteiger partial charge >= 0.3 is 0 Å². The van der Waals surface area contributed by atoms with Crippen LogP contribution in [0.25, 0.3) is 0 Å². The lowest BCUT2D eigenvalue weighted by molar-refractivity contribution is 0.458. The molecule has 0 bridgehead atoms. The Hall–Kier alpha value is -1.34. The molecule has 0 aromatic heterocycles. The predicted molar refractivity (Wildman–Crippen MR) is 99.0 cm³/mol. The Morgan fingerprint density at radius 2 is 1.50 bits per heavy atom. The van der Waals surface area contributed by atoms with E-state index in [9.17, 15) is 0 Å². The van der Waals surface area contributed by atoms with Gasteiger partial charge in [-0.15, -0.1) is 13.2 Å². The lowest BCUT2D eigenvalue weighted by atomic mass is 9.94. The SMILES string of the molecule is C=CCC(CC=C)CCCCCCCNCc1ccccc1. The van der Waals surface area contributed by atoms with Crippen molar-refractivity contribution in [2.24, 2.45) is 5.92 Å². The third-order valence-corrected chi connectivity index (χ3v) is 4.14. The molecule has 1 aromatic rings. The van der Waals surface area contributed by atoms with Gasteiger partial charge in [0.15, 0.2) is 0 Å². The molecule has 0 aliphatic rings. The highest BCUT2D eigenvalue weighted by atomic mass is 14.8. The third-order valence-electron chi connectivity index (χ3n) is 4.14. The van der Waals surface area contributed by atoms with E-state index in [2.05, 4.69) is 48.8 Å². The van der Waals surface area contributed by atoms with Gasteiger partial charge in [-0.1, -0.05) is 68.2 Å². The average molecular weight is 300 g/mol. The van der Waals surface area contributed by atoms with Crippen LogP contribution < -0.4 is 5.32 Å². The Morgan fingerprint density at radius 3 is 2.18 bits per heavy atom. The van der Waals surface area contributed by atoms with Crippen molar-refractivity contribution in [1.29, 1.82) is 0 Å². The van der Waals surface area contributed by atoms with E-state index in [1.807, 2.05) is 12.2 Å². The van der Waals surface area contributed by atoms with E-state index in [1.54, 1.807) is 0 Å². The number of nitrogens with one attached hydrogen (secondary N) is 1. The minimum absolute atomic E-state index is 0.766. The second kappa shape index (κ2) is 13.3. The summed E-state index contributed by atoms with van der Waals surface area (Å²) in [5, 5.41) is 3.52. The first kappa shape index (κ1) is 18.7. The smallest absolute Gasteiger partial charge is 0.0205 e. The first-order valence-electron chi connectivity index (χ1n) is 8.83. The molecule has 0 saturated carbocycles. The number of unbranched alkanes of at least 4 members (excludes halogenated alkanes) is 4. The quantitative estimate of drug-likeness (QED) is 0.334. The van der Waals surface area contributed by atoms with Crippen LogP contribution in [0.2, 0.25) is 0 Å². The maximum absolute atomic E-state index is 3.85. The number of hydrogen-bond donors (Lipinski definition) is 1. The van der Waals surface area contributed by atoms with Gasteiger partial charge in [0.2, 0.25) is 0 Å². The van der Waals surface area contributed by atoms with Crippen molar-refractivity contribution in [3.63, 3.8) is 0 Å². The topological polar surface area (TPSA) is 12.0 Å². The summed E-state index contributed by atoms with van der Waals surface area (Å²) in [6.45, 7) is 9.82. The van der Waals surface area contributed by atoms with Crippen LogP contribution in [0.1, 0.15) is 56.9 Å². The van der Waals surface area contributed by atoms with Gasteiger partial charge in [0.1, 0.15) is 0 Å². The van der Waals surface area contributed by atoms with E-state index in [4.69, 9.17) is 0 Å². The third kappa shape index (κ3) is 9.57. The molecule has 0 fully saturated rings. The summed E-state index contributed by atoms with van der Waals surface area (Å²) in [7, 11) is 0. The molecule has 122 valence electrons. The van der Waals surface area contributed by atoms with Gasteiger partial charge in [-0.3, -0.25) is 0 Å². The zero-order valence-electron chi connectivity index (χ0n) is 14.1. The Morgan fingerprint density at radius 1 is 0.864 bits per heavy atom. The minimum Gasteiger partial charge on any atom is -0.313 e. The first-order chi connectivity index (χ1) is 10.9. The second-order valence-corrected chi connectivity index (χ2v) is 6.13. The zero-order chi connectivity index (χ0) is 15.9. The molecule has 22 heavy (non-hydrogen) atoms. The van der Waals surface area contributed by atoms with Crippen molar-refractivity contribution in [3.8, 4) is 0 Å². The molecule has 0 aliphatic carbocycles. The summed E-state index contributed by atoms with van der Waals surface area (Å²) in [6, 6.07) is 10.6. The number of benzene rings is 1. The summed E-state index contributed by atoms with van der Waals surface area (Å²) in [5.41, 5.74) is 1.37. The van der Waals surface area contributed by atoms with Gasteiger partial charge in [0, 0.05) is 6.54 Å². The van der Waals surface area contributed by atoms with Gasteiger partial charge in [0.05, 0.1) is 0 Å². The second-order valence-electron chi connectivity index (χ2n) is 6.13. The Balaban J connectivity index is 1.90. The molecular formula is C21H33N. The Kier molecular flexibility index (Phi) is 11.3. The maximum Gasteiger partial charge on any atom is 0.0205 e. The Labute approximate surface area is 137 Å². The molecular weight excluding hydrogens is 266 g/mol. The fraction of sp³-hybridized carbons (Fsp3) is 0.524. The predicted octanol–water partition coefficient (Wildman–Crippen LogP) is 5.89. The standard InChI is InChI=1S/C21H33N/c1-3-13-20(14-4-2)15-9-6-5-7-12-18-22-19-21-16-10-8-11-17-21/h3-4,8,10-11,16-17,20,22H,1-2,5-7,9,12-15,18-19H2. The molecule has 0 unspecified atom stereocenters. The summed E-state index contributed by atoms with van der Waals surface area (Å²) < 4.78 is 0. The van der Waals surface area contributed by atoms with Gasteiger partial charge in [-0.25, -0.2) is 0 Å². The first-order valence-corrected chi connectivity index (χ1v) is 8.83. The molecule has 1 heteroatoms. The van der Waals surface area contributed by atoms with Crippen molar-refractivity contribution in [2.75, 3.05) is 6.54 Å².